The fraction of sp³-hybridized carbons (Fsp3) is 0.300. The summed E-state index contributed by atoms with van der Waals surface area (Å²) in [4.78, 5) is 26.5. The molecule has 2 aromatic carbocycles. The number of phenolic OH excluding ortho intramolecular Hbond substituents is 2. The Balaban J connectivity index is 2.16. The zero-order valence-corrected chi connectivity index (χ0v) is 15.4. The highest BCUT2D eigenvalue weighted by Gasteiger charge is 2.37. The number of hydrogen-bond acceptors (Lipinski definition) is 8. The molecule has 0 aliphatic heterocycles. The molecule has 1 aliphatic carbocycles. The maximum atomic E-state index is 13.2. The van der Waals surface area contributed by atoms with Crippen molar-refractivity contribution in [1.82, 2.24) is 0 Å². The summed E-state index contributed by atoms with van der Waals surface area (Å²) >= 11 is 0. The van der Waals surface area contributed by atoms with E-state index in [0.717, 1.165) is 0 Å². The van der Waals surface area contributed by atoms with Gasteiger partial charge in [0.25, 0.3) is 0 Å². The Hall–Kier alpha value is -3.10. The first-order chi connectivity index (χ1) is 13.5. The van der Waals surface area contributed by atoms with E-state index in [4.69, 9.17) is 11.5 Å². The Morgan fingerprint density at radius 3 is 1.43 bits per heavy atom. The van der Waals surface area contributed by atoms with Crippen LogP contribution < -0.4 is 22.1 Å². The van der Waals surface area contributed by atoms with Gasteiger partial charge in [0.05, 0.1) is 22.3 Å². The first kappa shape index (κ1) is 19.7. The van der Waals surface area contributed by atoms with Crippen molar-refractivity contribution in [2.24, 2.45) is 11.5 Å². The molecule has 2 aromatic rings. The van der Waals surface area contributed by atoms with Crippen molar-refractivity contribution in [2.75, 3.05) is 36.8 Å². The molecule has 0 saturated carbocycles. The third kappa shape index (κ3) is 3.39. The number of aromatic hydroxyl groups is 2. The lowest BCUT2D eigenvalue weighted by atomic mass is 9.81. The third-order valence-corrected chi connectivity index (χ3v) is 4.67. The van der Waals surface area contributed by atoms with Crippen LogP contribution >= 0.6 is 0 Å². The first-order valence-electron chi connectivity index (χ1n) is 9.20. The lowest BCUT2D eigenvalue weighted by Crippen LogP contribution is -2.25. The molecule has 0 unspecified atom stereocenters. The van der Waals surface area contributed by atoms with Crippen molar-refractivity contribution < 1.29 is 19.8 Å². The minimum absolute atomic E-state index is 0.174. The molecule has 0 bridgehead atoms. The molecule has 8 nitrogen and oxygen atoms in total. The van der Waals surface area contributed by atoms with E-state index >= 15 is 0 Å². The van der Waals surface area contributed by atoms with Crippen LogP contribution in [-0.4, -0.2) is 48.0 Å². The summed E-state index contributed by atoms with van der Waals surface area (Å²) < 4.78 is 0. The summed E-state index contributed by atoms with van der Waals surface area (Å²) in [5, 5.41) is 26.7. The molecule has 3 rings (SSSR count). The molecule has 0 heterocycles. The van der Waals surface area contributed by atoms with Crippen LogP contribution in [0.15, 0.2) is 24.3 Å². The minimum Gasteiger partial charge on any atom is -0.507 e. The normalized spacial score (nSPS) is 12.5. The Bertz CT molecular complexity index is 853. The van der Waals surface area contributed by atoms with E-state index in [0.29, 0.717) is 50.4 Å². The van der Waals surface area contributed by atoms with Gasteiger partial charge >= 0.3 is 0 Å². The molecular formula is C20H24N4O4. The van der Waals surface area contributed by atoms with Crippen LogP contribution in [0.25, 0.3) is 0 Å². The number of benzene rings is 2. The second-order valence-corrected chi connectivity index (χ2v) is 6.56. The molecule has 0 radical (unpaired) electrons. The quantitative estimate of drug-likeness (QED) is 0.252. The summed E-state index contributed by atoms with van der Waals surface area (Å²) in [6.45, 7) is 2.03. The van der Waals surface area contributed by atoms with Crippen LogP contribution in [0.2, 0.25) is 0 Å². The van der Waals surface area contributed by atoms with Crippen LogP contribution in [0, 0.1) is 0 Å². The van der Waals surface area contributed by atoms with Crippen LogP contribution in [0.4, 0.5) is 11.4 Å². The molecule has 0 saturated heterocycles. The summed E-state index contributed by atoms with van der Waals surface area (Å²) in [5.74, 6) is -1.72. The number of nitrogens with two attached hydrogens (primary N) is 2. The lowest BCUT2D eigenvalue weighted by Gasteiger charge is -2.24. The number of rotatable bonds is 8. The molecule has 1 aliphatic rings. The Morgan fingerprint density at radius 1 is 0.679 bits per heavy atom. The van der Waals surface area contributed by atoms with Crippen molar-refractivity contribution >= 4 is 22.9 Å². The van der Waals surface area contributed by atoms with Gasteiger partial charge in [0.1, 0.15) is 11.5 Å². The van der Waals surface area contributed by atoms with E-state index in [1.54, 1.807) is 12.1 Å². The first-order valence-corrected chi connectivity index (χ1v) is 9.20. The molecule has 148 valence electrons. The summed E-state index contributed by atoms with van der Waals surface area (Å²) in [5.41, 5.74) is 12.0. The molecule has 0 amide bonds. The average molecular weight is 384 g/mol. The van der Waals surface area contributed by atoms with Crippen molar-refractivity contribution in [1.29, 1.82) is 0 Å². The van der Waals surface area contributed by atoms with E-state index in [1.807, 2.05) is 0 Å². The predicted molar refractivity (Wildman–Crippen MR) is 107 cm³/mol. The number of carbonyl (C=O) groups is 2. The standard InChI is InChI=1S/C20H24N4O4/c21-7-1-9-23-11-3-4-12(24-10-2-8-22)16-15(11)19(27)17-13(25)5-6-14(26)18(17)20(16)28/h3-6,23-26H,1-2,7-10,21-22H2. The molecule has 8 N–H and O–H groups in total. The molecule has 0 aromatic heterocycles. The molecule has 28 heavy (non-hydrogen) atoms. The zero-order valence-electron chi connectivity index (χ0n) is 15.4. The Labute approximate surface area is 162 Å². The molecule has 0 fully saturated rings. The maximum Gasteiger partial charge on any atom is 0.200 e. The van der Waals surface area contributed by atoms with Crippen molar-refractivity contribution in [3.8, 4) is 11.5 Å². The topological polar surface area (TPSA) is 151 Å². The fourth-order valence-electron chi connectivity index (χ4n) is 3.31. The second kappa shape index (κ2) is 8.28. The largest absolute Gasteiger partial charge is 0.507 e. The van der Waals surface area contributed by atoms with E-state index in [9.17, 15) is 19.8 Å². The fourth-order valence-corrected chi connectivity index (χ4v) is 3.31. The van der Waals surface area contributed by atoms with E-state index in [-0.39, 0.29) is 33.8 Å². The van der Waals surface area contributed by atoms with Gasteiger partial charge in [-0.05, 0) is 50.2 Å². The van der Waals surface area contributed by atoms with Gasteiger partial charge in [-0.15, -0.1) is 0 Å². The Morgan fingerprint density at radius 2 is 1.07 bits per heavy atom. The zero-order chi connectivity index (χ0) is 20.3. The third-order valence-electron chi connectivity index (χ3n) is 4.67. The smallest absolute Gasteiger partial charge is 0.200 e. The molecule has 0 atom stereocenters. The van der Waals surface area contributed by atoms with Crippen molar-refractivity contribution in [2.45, 2.75) is 12.8 Å². The Kier molecular flexibility index (Phi) is 5.81. The number of hydrogen-bond donors (Lipinski definition) is 6. The van der Waals surface area contributed by atoms with E-state index < -0.39 is 11.6 Å². The van der Waals surface area contributed by atoms with Crippen molar-refractivity contribution in [3.05, 3.63) is 46.5 Å². The highest BCUT2D eigenvalue weighted by Crippen LogP contribution is 2.42. The summed E-state index contributed by atoms with van der Waals surface area (Å²) in [6, 6.07) is 5.84. The maximum absolute atomic E-state index is 13.2. The van der Waals surface area contributed by atoms with Gasteiger partial charge in [-0.25, -0.2) is 0 Å². The second-order valence-electron chi connectivity index (χ2n) is 6.56. The SMILES string of the molecule is NCCCNc1ccc(NCCCN)c2c1C(=O)c1c(O)ccc(O)c1C2=O. The number of ketones is 2. The molecule has 0 spiro atoms. The summed E-state index contributed by atoms with van der Waals surface area (Å²) in [6.07, 6.45) is 1.38. The van der Waals surface area contributed by atoms with Crippen LogP contribution in [0.3, 0.4) is 0 Å². The highest BCUT2D eigenvalue weighted by molar-refractivity contribution is 6.33. The number of fused-ring (bicyclic) bond motifs is 2. The average Bonchev–Trinajstić information content (AvgIpc) is 2.68. The highest BCUT2D eigenvalue weighted by atomic mass is 16.3. The van der Waals surface area contributed by atoms with Gasteiger partial charge in [-0.2, -0.15) is 0 Å². The number of nitrogens with one attached hydrogen (secondary N) is 2. The van der Waals surface area contributed by atoms with Crippen molar-refractivity contribution in [3.63, 3.8) is 0 Å². The van der Waals surface area contributed by atoms with Gasteiger partial charge in [-0.3, -0.25) is 9.59 Å². The van der Waals surface area contributed by atoms with Gasteiger partial charge in [0.2, 0.25) is 11.6 Å². The number of phenols is 2. The van der Waals surface area contributed by atoms with Crippen LogP contribution in [0.5, 0.6) is 11.5 Å². The van der Waals surface area contributed by atoms with Gasteiger partial charge in [0.15, 0.2) is 0 Å². The monoisotopic (exact) mass is 384 g/mol. The van der Waals surface area contributed by atoms with Gasteiger partial charge in [0, 0.05) is 24.5 Å². The number of anilines is 2. The number of carbonyl (C=O) groups excluding carboxylic acids is 2. The lowest BCUT2D eigenvalue weighted by molar-refractivity contribution is 0.0975. The van der Waals surface area contributed by atoms with Crippen LogP contribution in [-0.2, 0) is 0 Å². The van der Waals surface area contributed by atoms with Gasteiger partial charge in [-0.1, -0.05) is 0 Å². The predicted octanol–water partition coefficient (Wildman–Crippen LogP) is 1.39. The van der Waals surface area contributed by atoms with E-state index in [2.05, 4.69) is 10.6 Å². The molecular weight excluding hydrogens is 360 g/mol. The molecule has 8 heteroatoms. The summed E-state index contributed by atoms with van der Waals surface area (Å²) in [7, 11) is 0. The van der Waals surface area contributed by atoms with Gasteiger partial charge < -0.3 is 32.3 Å². The minimum atomic E-state index is -0.518. The van der Waals surface area contributed by atoms with Crippen LogP contribution in [0.1, 0.15) is 44.7 Å². The van der Waals surface area contributed by atoms with E-state index in [1.165, 1.54) is 12.1 Å².